The minimum absolute atomic E-state index is 0.170. The molecule has 4 aromatic carbocycles. The van der Waals surface area contributed by atoms with E-state index in [9.17, 15) is 8.42 Å². The van der Waals surface area contributed by atoms with Gasteiger partial charge in [-0.1, -0.05) is 77.5 Å². The quantitative estimate of drug-likeness (QED) is 0.372. The third kappa shape index (κ3) is 4.21. The molecule has 1 aromatic heterocycles. The second kappa shape index (κ2) is 8.50. The Morgan fingerprint density at radius 1 is 0.879 bits per heavy atom. The van der Waals surface area contributed by atoms with Gasteiger partial charge in [0.1, 0.15) is 5.52 Å². The van der Waals surface area contributed by atoms with Crippen molar-refractivity contribution in [1.29, 1.82) is 0 Å². The maximum atomic E-state index is 12.9. The Morgan fingerprint density at radius 2 is 1.61 bits per heavy atom. The van der Waals surface area contributed by atoms with Gasteiger partial charge in [0, 0.05) is 5.56 Å². The van der Waals surface area contributed by atoms with E-state index in [1.165, 1.54) is 0 Å². The third-order valence-corrected chi connectivity index (χ3v) is 6.62. The summed E-state index contributed by atoms with van der Waals surface area (Å²) < 4.78 is 27.5. The normalized spacial score (nSPS) is 12.3. The molecule has 0 bridgehead atoms. The summed E-state index contributed by atoms with van der Waals surface area (Å²) in [5.74, 6) is 0. The Hall–Kier alpha value is -4.01. The third-order valence-electron chi connectivity index (χ3n) is 5.36. The molecule has 8 heteroatoms. The van der Waals surface area contributed by atoms with E-state index in [0.717, 1.165) is 32.9 Å². The maximum Gasteiger partial charge on any atom is 0.257 e. The highest BCUT2D eigenvalue weighted by atomic mass is 32.2. The van der Waals surface area contributed by atoms with Gasteiger partial charge in [-0.3, -0.25) is 0 Å². The van der Waals surface area contributed by atoms with Crippen LogP contribution >= 0.6 is 0 Å². The molecule has 0 radical (unpaired) electrons. The van der Waals surface area contributed by atoms with Crippen molar-refractivity contribution in [1.82, 2.24) is 25.3 Å². The largest absolute Gasteiger partial charge is 0.306 e. The van der Waals surface area contributed by atoms with Crippen molar-refractivity contribution in [3.8, 4) is 0 Å². The summed E-state index contributed by atoms with van der Waals surface area (Å²) in [7, 11) is -3.80. The standard InChI is InChI=1S/C25H21N5O2S/c1-18-13-15-20(16-14-18)33(31,32)29-27-24(17-30-25-12-5-4-11-23(25)26-28-30)22-10-6-8-19-7-2-3-9-21(19)22/h2-17,27,29H,1H3. The summed E-state index contributed by atoms with van der Waals surface area (Å²) in [5.41, 5.74) is 6.79. The number of fused-ring (bicyclic) bond motifs is 2. The van der Waals surface area contributed by atoms with E-state index in [-0.39, 0.29) is 4.90 Å². The first-order valence-corrected chi connectivity index (χ1v) is 11.8. The van der Waals surface area contributed by atoms with Crippen LogP contribution in [0.1, 0.15) is 11.1 Å². The van der Waals surface area contributed by atoms with Gasteiger partial charge >= 0.3 is 0 Å². The fourth-order valence-electron chi connectivity index (χ4n) is 3.63. The predicted octanol–water partition coefficient (Wildman–Crippen LogP) is 4.33. The average Bonchev–Trinajstić information content (AvgIpc) is 3.24. The van der Waals surface area contributed by atoms with Crippen molar-refractivity contribution < 1.29 is 8.42 Å². The van der Waals surface area contributed by atoms with Gasteiger partial charge in [0.25, 0.3) is 10.0 Å². The van der Waals surface area contributed by atoms with Crippen LogP contribution in [0.3, 0.4) is 0 Å². The molecule has 0 atom stereocenters. The average molecular weight is 456 g/mol. The second-order valence-electron chi connectivity index (χ2n) is 7.64. The van der Waals surface area contributed by atoms with Gasteiger partial charge in [-0.25, -0.2) is 13.1 Å². The van der Waals surface area contributed by atoms with E-state index in [2.05, 4.69) is 20.6 Å². The predicted molar refractivity (Wildman–Crippen MR) is 130 cm³/mol. The molecule has 5 rings (SSSR count). The van der Waals surface area contributed by atoms with Crippen LogP contribution in [0.25, 0.3) is 33.7 Å². The first-order valence-electron chi connectivity index (χ1n) is 10.4. The number of benzene rings is 4. The van der Waals surface area contributed by atoms with Crippen molar-refractivity contribution >= 4 is 43.7 Å². The van der Waals surface area contributed by atoms with Crippen molar-refractivity contribution in [3.63, 3.8) is 0 Å². The summed E-state index contributed by atoms with van der Waals surface area (Å²) in [6.07, 6.45) is 1.73. The van der Waals surface area contributed by atoms with E-state index in [0.29, 0.717) is 5.70 Å². The minimum Gasteiger partial charge on any atom is -0.306 e. The number of hydrogen-bond donors (Lipinski definition) is 2. The zero-order valence-electron chi connectivity index (χ0n) is 17.8. The second-order valence-corrected chi connectivity index (χ2v) is 9.32. The van der Waals surface area contributed by atoms with Crippen molar-refractivity contribution in [2.24, 2.45) is 0 Å². The lowest BCUT2D eigenvalue weighted by Gasteiger charge is -2.15. The monoisotopic (exact) mass is 455 g/mol. The number of aromatic nitrogens is 3. The Kier molecular flexibility index (Phi) is 5.37. The number of aryl methyl sites for hydroxylation is 1. The molecule has 0 fully saturated rings. The zero-order valence-corrected chi connectivity index (χ0v) is 18.6. The molecular formula is C25H21N5O2S. The SMILES string of the molecule is Cc1ccc(S(=O)(=O)NNC(=Cn2nnc3ccccc32)c2cccc3ccccc23)cc1. The molecule has 0 saturated carbocycles. The van der Waals surface area contributed by atoms with Gasteiger partial charge < -0.3 is 5.43 Å². The Morgan fingerprint density at radius 3 is 2.45 bits per heavy atom. The Bertz CT molecular complexity index is 1580. The van der Waals surface area contributed by atoms with E-state index >= 15 is 0 Å². The highest BCUT2D eigenvalue weighted by molar-refractivity contribution is 7.89. The van der Waals surface area contributed by atoms with Gasteiger partial charge in [-0.05, 0) is 42.0 Å². The summed E-state index contributed by atoms with van der Waals surface area (Å²) >= 11 is 0. The Labute approximate surface area is 191 Å². The van der Waals surface area contributed by atoms with Crippen LogP contribution in [0.4, 0.5) is 0 Å². The number of para-hydroxylation sites is 1. The lowest BCUT2D eigenvalue weighted by atomic mass is 10.0. The highest BCUT2D eigenvalue weighted by Crippen LogP contribution is 2.25. The molecular weight excluding hydrogens is 434 g/mol. The zero-order chi connectivity index (χ0) is 22.8. The van der Waals surface area contributed by atoms with Gasteiger partial charge in [0.05, 0.1) is 22.3 Å². The lowest BCUT2D eigenvalue weighted by Crippen LogP contribution is -2.36. The molecule has 33 heavy (non-hydrogen) atoms. The summed E-state index contributed by atoms with van der Waals surface area (Å²) in [5, 5.41) is 10.4. The van der Waals surface area contributed by atoms with Crippen LogP contribution in [0, 0.1) is 6.92 Å². The van der Waals surface area contributed by atoms with E-state index < -0.39 is 10.0 Å². The summed E-state index contributed by atoms with van der Waals surface area (Å²) in [6, 6.07) is 28.0. The molecule has 0 aliphatic rings. The van der Waals surface area contributed by atoms with Crippen LogP contribution < -0.4 is 10.3 Å². The van der Waals surface area contributed by atoms with Crippen LogP contribution in [0.2, 0.25) is 0 Å². The molecule has 0 aliphatic carbocycles. The minimum atomic E-state index is -3.80. The molecule has 0 aliphatic heterocycles. The molecule has 2 N–H and O–H groups in total. The molecule has 0 saturated heterocycles. The number of sulfonamides is 1. The maximum absolute atomic E-state index is 12.9. The molecule has 7 nitrogen and oxygen atoms in total. The van der Waals surface area contributed by atoms with Gasteiger partial charge in [0.15, 0.2) is 0 Å². The van der Waals surface area contributed by atoms with E-state index in [1.807, 2.05) is 73.7 Å². The number of hydrogen-bond acceptors (Lipinski definition) is 5. The van der Waals surface area contributed by atoms with Crippen LogP contribution in [0.5, 0.6) is 0 Å². The first kappa shape index (κ1) is 20.9. The van der Waals surface area contributed by atoms with Gasteiger partial charge in [-0.2, -0.15) is 0 Å². The lowest BCUT2D eigenvalue weighted by molar-refractivity contribution is 0.576. The number of nitrogens with one attached hydrogen (secondary N) is 2. The molecule has 0 unspecified atom stereocenters. The van der Waals surface area contributed by atoms with Crippen molar-refractivity contribution in [2.75, 3.05) is 0 Å². The van der Waals surface area contributed by atoms with Crippen molar-refractivity contribution in [3.05, 3.63) is 102 Å². The Balaban J connectivity index is 1.59. The van der Waals surface area contributed by atoms with Gasteiger partial charge in [-0.15, -0.1) is 9.93 Å². The van der Waals surface area contributed by atoms with E-state index in [4.69, 9.17) is 0 Å². The number of hydrazine groups is 1. The highest BCUT2D eigenvalue weighted by Gasteiger charge is 2.16. The smallest absolute Gasteiger partial charge is 0.257 e. The van der Waals surface area contributed by atoms with Crippen molar-refractivity contribution in [2.45, 2.75) is 11.8 Å². The summed E-state index contributed by atoms with van der Waals surface area (Å²) in [6.45, 7) is 1.91. The van der Waals surface area contributed by atoms with Crippen LogP contribution in [-0.2, 0) is 10.0 Å². The molecule has 0 spiro atoms. The van der Waals surface area contributed by atoms with Gasteiger partial charge in [0.2, 0.25) is 0 Å². The fraction of sp³-hybridized carbons (Fsp3) is 0.0400. The molecule has 0 amide bonds. The first-order chi connectivity index (χ1) is 16.0. The fourth-order valence-corrected chi connectivity index (χ4v) is 4.49. The van der Waals surface area contributed by atoms with E-state index in [1.54, 1.807) is 35.1 Å². The number of nitrogens with zero attached hydrogens (tertiary/aromatic N) is 3. The molecule has 1 heterocycles. The van der Waals surface area contributed by atoms with Crippen LogP contribution in [0.15, 0.2) is 95.9 Å². The molecule has 5 aromatic rings. The molecule has 164 valence electrons. The topological polar surface area (TPSA) is 88.9 Å². The number of rotatable bonds is 6. The van der Waals surface area contributed by atoms with Crippen LogP contribution in [-0.4, -0.2) is 23.4 Å². The summed E-state index contributed by atoms with van der Waals surface area (Å²) in [4.78, 5) is 2.68.